The molecule has 0 atom stereocenters. The molecule has 2 rings (SSSR count). The second-order valence-corrected chi connectivity index (χ2v) is 3.52. The van der Waals surface area contributed by atoms with E-state index in [1.54, 1.807) is 12.3 Å². The number of hydrogen-bond acceptors (Lipinski definition) is 2. The molecule has 0 bridgehead atoms. The van der Waals surface area contributed by atoms with Crippen molar-refractivity contribution >= 4 is 28.2 Å². The fourth-order valence-electron chi connectivity index (χ4n) is 1.43. The predicted molar refractivity (Wildman–Crippen MR) is 56.8 cm³/mol. The van der Waals surface area contributed by atoms with Crippen LogP contribution in [0.3, 0.4) is 0 Å². The molecule has 0 N–H and O–H groups in total. The van der Waals surface area contributed by atoms with Crippen LogP contribution < -0.4 is 0 Å². The molecular weight excluding hydrogens is 198 g/mol. The van der Waals surface area contributed by atoms with Crippen molar-refractivity contribution in [2.75, 3.05) is 0 Å². The van der Waals surface area contributed by atoms with Crippen LogP contribution in [0.5, 0.6) is 0 Å². The Kier molecular flexibility index (Phi) is 2.22. The Labute approximate surface area is 86.5 Å². The number of rotatable bonds is 1. The third kappa shape index (κ3) is 1.49. The molecule has 0 spiro atoms. The average molecular weight is 206 g/mol. The highest BCUT2D eigenvalue weighted by Gasteiger charge is 2.06. The van der Waals surface area contributed by atoms with E-state index in [4.69, 9.17) is 11.6 Å². The molecule has 14 heavy (non-hydrogen) atoms. The highest BCUT2D eigenvalue weighted by molar-refractivity contribution is 6.31. The smallest absolute Gasteiger partial charge is 0.178 e. The van der Waals surface area contributed by atoms with E-state index >= 15 is 0 Å². The van der Waals surface area contributed by atoms with E-state index in [2.05, 4.69) is 4.98 Å². The highest BCUT2D eigenvalue weighted by atomic mass is 35.5. The van der Waals surface area contributed by atoms with Crippen LogP contribution in [-0.4, -0.2) is 10.8 Å². The number of aromatic nitrogens is 1. The molecule has 0 radical (unpaired) electrons. The summed E-state index contributed by atoms with van der Waals surface area (Å²) in [5.41, 5.74) is 0.499. The molecule has 0 aliphatic heterocycles. The molecule has 1 aromatic carbocycles. The van der Waals surface area contributed by atoms with Gasteiger partial charge in [-0.15, -0.1) is 0 Å². The largest absolute Gasteiger partial charge is 0.293 e. The fourth-order valence-corrected chi connectivity index (χ4v) is 1.61. The summed E-state index contributed by atoms with van der Waals surface area (Å²) in [7, 11) is 0. The van der Waals surface area contributed by atoms with E-state index < -0.39 is 0 Å². The minimum Gasteiger partial charge on any atom is -0.293 e. The van der Waals surface area contributed by atoms with Crippen molar-refractivity contribution < 1.29 is 4.79 Å². The van der Waals surface area contributed by atoms with E-state index in [-0.39, 0.29) is 5.78 Å². The van der Waals surface area contributed by atoms with Crippen LogP contribution in [-0.2, 0) is 0 Å². The number of pyridine rings is 1. The van der Waals surface area contributed by atoms with Crippen LogP contribution in [0, 0.1) is 0 Å². The maximum absolute atomic E-state index is 11.2. The van der Waals surface area contributed by atoms with Gasteiger partial charge in [0, 0.05) is 23.5 Å². The lowest BCUT2D eigenvalue weighted by atomic mass is 10.1. The van der Waals surface area contributed by atoms with Gasteiger partial charge in [-0.1, -0.05) is 17.7 Å². The van der Waals surface area contributed by atoms with Crippen LogP contribution in [0.1, 0.15) is 17.4 Å². The topological polar surface area (TPSA) is 30.0 Å². The van der Waals surface area contributed by atoms with Gasteiger partial charge < -0.3 is 0 Å². The fraction of sp³-hybridized carbons (Fsp3) is 0.0909. The number of halogens is 1. The predicted octanol–water partition coefficient (Wildman–Crippen LogP) is 3.09. The van der Waals surface area contributed by atoms with Gasteiger partial charge in [0.1, 0.15) is 5.69 Å². The van der Waals surface area contributed by atoms with E-state index in [1.807, 2.05) is 18.2 Å². The van der Waals surface area contributed by atoms with Crippen LogP contribution in [0.4, 0.5) is 0 Å². The SMILES string of the molecule is CC(=O)c1nccc2cc(Cl)ccc12. The summed E-state index contributed by atoms with van der Waals surface area (Å²) in [6.07, 6.45) is 1.62. The minimum atomic E-state index is -0.0297. The summed E-state index contributed by atoms with van der Waals surface area (Å²) in [5, 5.41) is 2.46. The molecule has 0 aliphatic rings. The van der Waals surface area contributed by atoms with Crippen molar-refractivity contribution in [2.45, 2.75) is 6.92 Å². The molecule has 1 heterocycles. The Balaban J connectivity index is 2.81. The van der Waals surface area contributed by atoms with Gasteiger partial charge in [0.25, 0.3) is 0 Å². The lowest BCUT2D eigenvalue weighted by Gasteiger charge is -2.01. The van der Waals surface area contributed by atoms with Gasteiger partial charge in [0.2, 0.25) is 0 Å². The zero-order valence-corrected chi connectivity index (χ0v) is 8.38. The van der Waals surface area contributed by atoms with Gasteiger partial charge >= 0.3 is 0 Å². The van der Waals surface area contributed by atoms with E-state index in [1.165, 1.54) is 6.92 Å². The monoisotopic (exact) mass is 205 g/mol. The van der Waals surface area contributed by atoms with Crippen molar-refractivity contribution in [3.05, 3.63) is 41.2 Å². The molecule has 2 nitrogen and oxygen atoms in total. The first-order chi connectivity index (χ1) is 6.68. The number of carbonyl (C=O) groups excluding carboxylic acids is 1. The van der Waals surface area contributed by atoms with E-state index in [0.717, 1.165) is 10.8 Å². The molecule has 0 saturated carbocycles. The van der Waals surface area contributed by atoms with Gasteiger partial charge in [0.05, 0.1) is 0 Å². The van der Waals surface area contributed by atoms with Gasteiger partial charge in [-0.05, 0) is 23.6 Å². The first-order valence-electron chi connectivity index (χ1n) is 4.23. The zero-order chi connectivity index (χ0) is 10.1. The van der Waals surface area contributed by atoms with Gasteiger partial charge in [-0.3, -0.25) is 9.78 Å². The Hall–Kier alpha value is -1.41. The maximum Gasteiger partial charge on any atom is 0.178 e. The zero-order valence-electron chi connectivity index (χ0n) is 7.62. The quantitative estimate of drug-likeness (QED) is 0.670. The number of benzene rings is 1. The number of carbonyl (C=O) groups is 1. The molecule has 0 saturated heterocycles. The molecule has 0 fully saturated rings. The number of Topliss-reactive ketones (excluding diaryl/α,β-unsaturated/α-hetero) is 1. The van der Waals surface area contributed by atoms with Crippen molar-refractivity contribution in [3.8, 4) is 0 Å². The second-order valence-electron chi connectivity index (χ2n) is 3.08. The van der Waals surface area contributed by atoms with E-state index in [0.29, 0.717) is 10.7 Å². The number of fused-ring (bicyclic) bond motifs is 1. The van der Waals surface area contributed by atoms with Crippen LogP contribution in [0.25, 0.3) is 10.8 Å². The summed E-state index contributed by atoms with van der Waals surface area (Å²) in [5.74, 6) is -0.0297. The Bertz CT molecular complexity index is 508. The first kappa shape index (κ1) is 9.16. The molecule has 0 aliphatic carbocycles. The third-order valence-corrected chi connectivity index (χ3v) is 2.30. The maximum atomic E-state index is 11.2. The number of hydrogen-bond donors (Lipinski definition) is 0. The summed E-state index contributed by atoms with van der Waals surface area (Å²) in [4.78, 5) is 15.3. The Morgan fingerprint density at radius 1 is 1.36 bits per heavy atom. The summed E-state index contributed by atoms with van der Waals surface area (Å²) in [6, 6.07) is 7.25. The lowest BCUT2D eigenvalue weighted by molar-refractivity contribution is 0.101. The Morgan fingerprint density at radius 3 is 2.86 bits per heavy atom. The molecule has 1 aromatic heterocycles. The standard InChI is InChI=1S/C11H8ClNO/c1-7(14)11-10-3-2-9(12)6-8(10)4-5-13-11/h2-6H,1H3. The third-order valence-electron chi connectivity index (χ3n) is 2.06. The minimum absolute atomic E-state index is 0.0297. The lowest BCUT2D eigenvalue weighted by Crippen LogP contribution is -1.97. The average Bonchev–Trinajstić information content (AvgIpc) is 2.16. The molecular formula is C11H8ClNO. The normalized spacial score (nSPS) is 10.4. The molecule has 2 aromatic rings. The van der Waals surface area contributed by atoms with Crippen LogP contribution >= 0.6 is 11.6 Å². The molecule has 0 unspecified atom stereocenters. The summed E-state index contributed by atoms with van der Waals surface area (Å²) >= 11 is 5.85. The van der Waals surface area contributed by atoms with Crippen LogP contribution in [0.2, 0.25) is 5.02 Å². The highest BCUT2D eigenvalue weighted by Crippen LogP contribution is 2.21. The summed E-state index contributed by atoms with van der Waals surface area (Å²) < 4.78 is 0. The van der Waals surface area contributed by atoms with Gasteiger partial charge in [0.15, 0.2) is 5.78 Å². The van der Waals surface area contributed by atoms with Crippen molar-refractivity contribution in [1.82, 2.24) is 4.98 Å². The number of ketones is 1. The van der Waals surface area contributed by atoms with Crippen molar-refractivity contribution in [3.63, 3.8) is 0 Å². The number of nitrogens with zero attached hydrogens (tertiary/aromatic N) is 1. The Morgan fingerprint density at radius 2 is 2.14 bits per heavy atom. The molecule has 3 heteroatoms. The summed E-state index contributed by atoms with van der Waals surface area (Å²) in [6.45, 7) is 1.51. The van der Waals surface area contributed by atoms with Gasteiger partial charge in [-0.25, -0.2) is 0 Å². The van der Waals surface area contributed by atoms with Gasteiger partial charge in [-0.2, -0.15) is 0 Å². The van der Waals surface area contributed by atoms with E-state index in [9.17, 15) is 4.79 Å². The first-order valence-corrected chi connectivity index (χ1v) is 4.61. The van der Waals surface area contributed by atoms with Crippen molar-refractivity contribution in [1.29, 1.82) is 0 Å². The second kappa shape index (κ2) is 3.39. The molecule has 70 valence electrons. The van der Waals surface area contributed by atoms with Crippen molar-refractivity contribution in [2.24, 2.45) is 0 Å². The molecule has 0 amide bonds. The van der Waals surface area contributed by atoms with Crippen LogP contribution in [0.15, 0.2) is 30.5 Å².